The first kappa shape index (κ1) is 14.5. The molecular formula is C12H9ClF2N2O2S. The van der Waals surface area contributed by atoms with Crippen LogP contribution in [-0.4, -0.2) is 8.42 Å². The Hall–Kier alpha value is -1.86. The van der Waals surface area contributed by atoms with Crippen LogP contribution in [0, 0.1) is 11.6 Å². The van der Waals surface area contributed by atoms with Crippen LogP contribution >= 0.6 is 11.6 Å². The van der Waals surface area contributed by atoms with Gasteiger partial charge in [0.25, 0.3) is 10.0 Å². The maximum atomic E-state index is 13.0. The number of sulfonamides is 1. The van der Waals surface area contributed by atoms with E-state index in [1.54, 1.807) is 0 Å². The molecule has 0 bridgehead atoms. The Balaban J connectivity index is 2.40. The van der Waals surface area contributed by atoms with Gasteiger partial charge in [-0.3, -0.25) is 4.72 Å². The van der Waals surface area contributed by atoms with E-state index in [0.29, 0.717) is 11.8 Å². The summed E-state index contributed by atoms with van der Waals surface area (Å²) in [6, 6.07) is 6.16. The second kappa shape index (κ2) is 5.26. The van der Waals surface area contributed by atoms with E-state index in [1.165, 1.54) is 18.2 Å². The van der Waals surface area contributed by atoms with E-state index in [9.17, 15) is 17.2 Å². The van der Waals surface area contributed by atoms with Crippen molar-refractivity contribution in [3.63, 3.8) is 0 Å². The Labute approximate surface area is 119 Å². The Morgan fingerprint density at radius 3 is 2.20 bits per heavy atom. The van der Waals surface area contributed by atoms with Crippen molar-refractivity contribution in [1.82, 2.24) is 0 Å². The third-order valence-electron chi connectivity index (χ3n) is 2.36. The van der Waals surface area contributed by atoms with Gasteiger partial charge in [-0.1, -0.05) is 11.6 Å². The summed E-state index contributed by atoms with van der Waals surface area (Å²) in [5.74, 6) is -1.79. The van der Waals surface area contributed by atoms with Crippen molar-refractivity contribution in [2.75, 3.05) is 10.5 Å². The third kappa shape index (κ3) is 3.17. The number of halogens is 3. The summed E-state index contributed by atoms with van der Waals surface area (Å²) in [7, 11) is -4.07. The summed E-state index contributed by atoms with van der Waals surface area (Å²) in [5, 5.41) is -0.0885. The third-order valence-corrected chi connectivity index (χ3v) is 4.22. The average Bonchev–Trinajstić information content (AvgIpc) is 2.25. The lowest BCUT2D eigenvalue weighted by atomic mass is 10.3. The molecule has 0 heterocycles. The monoisotopic (exact) mass is 318 g/mol. The highest BCUT2D eigenvalue weighted by Gasteiger charge is 2.18. The molecule has 0 atom stereocenters. The minimum absolute atomic E-state index is 0.0885. The second-order valence-corrected chi connectivity index (χ2v) is 6.01. The van der Waals surface area contributed by atoms with Gasteiger partial charge in [0.05, 0.1) is 10.7 Å². The first-order chi connectivity index (χ1) is 9.28. The fraction of sp³-hybridized carbons (Fsp3) is 0. The van der Waals surface area contributed by atoms with Crippen molar-refractivity contribution in [2.24, 2.45) is 0 Å². The van der Waals surface area contributed by atoms with E-state index in [1.807, 2.05) is 4.72 Å². The number of benzene rings is 2. The van der Waals surface area contributed by atoms with Gasteiger partial charge in [0.1, 0.15) is 16.5 Å². The van der Waals surface area contributed by atoms with Gasteiger partial charge in [0.2, 0.25) is 0 Å². The van der Waals surface area contributed by atoms with Gasteiger partial charge >= 0.3 is 0 Å². The molecule has 0 aliphatic rings. The molecule has 0 spiro atoms. The molecule has 0 aromatic heterocycles. The molecular weight excluding hydrogens is 310 g/mol. The molecule has 2 aromatic carbocycles. The van der Waals surface area contributed by atoms with Crippen LogP contribution in [0.2, 0.25) is 5.02 Å². The molecule has 0 fully saturated rings. The highest BCUT2D eigenvalue weighted by Crippen LogP contribution is 2.26. The summed E-state index contributed by atoms with van der Waals surface area (Å²) in [5.41, 5.74) is 5.52. The summed E-state index contributed by atoms with van der Waals surface area (Å²) in [6.45, 7) is 0. The molecule has 0 unspecified atom stereocenters. The second-order valence-electron chi connectivity index (χ2n) is 3.95. The van der Waals surface area contributed by atoms with E-state index in [4.69, 9.17) is 17.3 Å². The molecule has 3 N–H and O–H groups in total. The smallest absolute Gasteiger partial charge is 0.263 e. The standard InChI is InChI=1S/C12H9ClF2N2O2S/c13-11-6-9(16)1-2-12(11)20(18,19)17-10-4-7(14)3-8(15)5-10/h1-6,17H,16H2. The Morgan fingerprint density at radius 1 is 1.05 bits per heavy atom. The lowest BCUT2D eigenvalue weighted by Gasteiger charge is -2.10. The van der Waals surface area contributed by atoms with E-state index in [0.717, 1.165) is 12.1 Å². The van der Waals surface area contributed by atoms with Gasteiger partial charge < -0.3 is 5.73 Å². The summed E-state index contributed by atoms with van der Waals surface area (Å²) in [6.07, 6.45) is 0. The van der Waals surface area contributed by atoms with Gasteiger partial charge in [-0.2, -0.15) is 0 Å². The highest BCUT2D eigenvalue weighted by molar-refractivity contribution is 7.92. The first-order valence-corrected chi connectivity index (χ1v) is 7.18. The highest BCUT2D eigenvalue weighted by atomic mass is 35.5. The molecule has 0 saturated heterocycles. The molecule has 20 heavy (non-hydrogen) atoms. The number of hydrogen-bond acceptors (Lipinski definition) is 3. The number of nitrogen functional groups attached to an aromatic ring is 1. The number of nitrogens with one attached hydrogen (secondary N) is 1. The van der Waals surface area contributed by atoms with E-state index in [2.05, 4.69) is 0 Å². The van der Waals surface area contributed by atoms with Crippen molar-refractivity contribution in [2.45, 2.75) is 4.90 Å². The van der Waals surface area contributed by atoms with E-state index in [-0.39, 0.29) is 15.6 Å². The molecule has 0 amide bonds. The Bertz CT molecular complexity index is 746. The van der Waals surface area contributed by atoms with Gasteiger partial charge in [-0.15, -0.1) is 0 Å². The van der Waals surface area contributed by atoms with Gasteiger partial charge in [0, 0.05) is 11.8 Å². The molecule has 106 valence electrons. The van der Waals surface area contributed by atoms with Crippen molar-refractivity contribution < 1.29 is 17.2 Å². The SMILES string of the molecule is Nc1ccc(S(=O)(=O)Nc2cc(F)cc(F)c2)c(Cl)c1. The first-order valence-electron chi connectivity index (χ1n) is 5.32. The van der Waals surface area contributed by atoms with Crippen molar-refractivity contribution in [3.05, 3.63) is 53.1 Å². The molecule has 0 aliphatic heterocycles. The molecule has 2 aromatic rings. The minimum atomic E-state index is -4.07. The molecule has 0 saturated carbocycles. The van der Waals surface area contributed by atoms with Crippen LogP contribution in [0.25, 0.3) is 0 Å². The van der Waals surface area contributed by atoms with Crippen LogP contribution in [0.1, 0.15) is 0 Å². The normalized spacial score (nSPS) is 11.3. The van der Waals surface area contributed by atoms with Crippen LogP contribution in [0.15, 0.2) is 41.3 Å². The molecule has 2 rings (SSSR count). The zero-order valence-corrected chi connectivity index (χ0v) is 11.5. The minimum Gasteiger partial charge on any atom is -0.399 e. The fourth-order valence-electron chi connectivity index (χ4n) is 1.56. The molecule has 0 radical (unpaired) electrons. The number of nitrogens with two attached hydrogens (primary N) is 1. The number of rotatable bonds is 3. The summed E-state index contributed by atoms with van der Waals surface area (Å²) < 4.78 is 52.2. The van der Waals surface area contributed by atoms with Crippen LogP contribution < -0.4 is 10.5 Å². The summed E-state index contributed by atoms with van der Waals surface area (Å²) >= 11 is 5.80. The van der Waals surface area contributed by atoms with E-state index >= 15 is 0 Å². The van der Waals surface area contributed by atoms with Crippen LogP contribution in [0.4, 0.5) is 20.2 Å². The van der Waals surface area contributed by atoms with Crippen molar-refractivity contribution in [1.29, 1.82) is 0 Å². The maximum Gasteiger partial charge on any atom is 0.263 e. The maximum absolute atomic E-state index is 13.0. The van der Waals surface area contributed by atoms with Crippen molar-refractivity contribution >= 4 is 33.0 Å². The lowest BCUT2D eigenvalue weighted by molar-refractivity contribution is 0.584. The van der Waals surface area contributed by atoms with Crippen LogP contribution in [-0.2, 0) is 10.0 Å². The number of hydrogen-bond donors (Lipinski definition) is 2. The van der Waals surface area contributed by atoms with E-state index < -0.39 is 21.7 Å². The molecule has 4 nitrogen and oxygen atoms in total. The zero-order chi connectivity index (χ0) is 14.9. The lowest BCUT2D eigenvalue weighted by Crippen LogP contribution is -2.14. The molecule has 0 aliphatic carbocycles. The number of anilines is 2. The van der Waals surface area contributed by atoms with Crippen LogP contribution in [0.3, 0.4) is 0 Å². The predicted molar refractivity (Wildman–Crippen MR) is 73.0 cm³/mol. The van der Waals surface area contributed by atoms with Crippen LogP contribution in [0.5, 0.6) is 0 Å². The zero-order valence-electron chi connectivity index (χ0n) is 9.90. The van der Waals surface area contributed by atoms with Gasteiger partial charge in [0.15, 0.2) is 0 Å². The predicted octanol–water partition coefficient (Wildman–Crippen LogP) is 3.00. The molecule has 8 heteroatoms. The van der Waals surface area contributed by atoms with Gasteiger partial charge in [-0.25, -0.2) is 17.2 Å². The topological polar surface area (TPSA) is 72.2 Å². The van der Waals surface area contributed by atoms with Gasteiger partial charge in [-0.05, 0) is 30.3 Å². The largest absolute Gasteiger partial charge is 0.399 e. The van der Waals surface area contributed by atoms with Crippen molar-refractivity contribution in [3.8, 4) is 0 Å². The Kier molecular flexibility index (Phi) is 3.82. The summed E-state index contributed by atoms with van der Waals surface area (Å²) in [4.78, 5) is -0.238. The quantitative estimate of drug-likeness (QED) is 0.854. The Morgan fingerprint density at radius 2 is 1.65 bits per heavy atom. The fourth-order valence-corrected chi connectivity index (χ4v) is 3.15. The average molecular weight is 319 g/mol.